The molecule has 134 valence electrons. The Morgan fingerprint density at radius 3 is 2.76 bits per heavy atom. The fourth-order valence-electron chi connectivity index (χ4n) is 3.91. The summed E-state index contributed by atoms with van der Waals surface area (Å²) in [6.45, 7) is 0.656. The van der Waals surface area contributed by atoms with E-state index in [1.165, 1.54) is 13.1 Å². The molecule has 1 saturated heterocycles. The Morgan fingerprint density at radius 2 is 2.12 bits per heavy atom. The zero-order valence-electron chi connectivity index (χ0n) is 13.8. The smallest absolute Gasteiger partial charge is 0.321 e. The van der Waals surface area contributed by atoms with Crippen LogP contribution in [0.25, 0.3) is 0 Å². The van der Waals surface area contributed by atoms with Gasteiger partial charge in [0.1, 0.15) is 0 Å². The number of hydrogen-bond acceptors (Lipinski definition) is 3. The van der Waals surface area contributed by atoms with Crippen molar-refractivity contribution in [1.29, 1.82) is 0 Å². The lowest BCUT2D eigenvalue weighted by Crippen LogP contribution is -2.38. The standard InChI is InChI=1S/C17H20ClN3O4/c1-19-14(22)12-7-11(4-5-13(12)18)20-16(25)21-8-10-3-2-6-17(10,9-21)15(23)24/h4-5,7,10H,2-3,6,8-9H2,1H3,(H,19,22)(H,20,25)(H,23,24)/t10-,17+/m0/s1. The predicted molar refractivity (Wildman–Crippen MR) is 92.8 cm³/mol. The lowest BCUT2D eigenvalue weighted by atomic mass is 9.81. The summed E-state index contributed by atoms with van der Waals surface area (Å²) in [5.74, 6) is -1.16. The van der Waals surface area contributed by atoms with Crippen LogP contribution in [0.3, 0.4) is 0 Å². The molecule has 1 aliphatic heterocycles. The molecule has 25 heavy (non-hydrogen) atoms. The van der Waals surface area contributed by atoms with Gasteiger partial charge in [-0.05, 0) is 37.0 Å². The largest absolute Gasteiger partial charge is 0.481 e. The normalized spacial score (nSPS) is 24.7. The van der Waals surface area contributed by atoms with Crippen molar-refractivity contribution in [2.45, 2.75) is 19.3 Å². The Kier molecular flexibility index (Phi) is 4.60. The van der Waals surface area contributed by atoms with Crippen LogP contribution < -0.4 is 10.6 Å². The average molecular weight is 366 g/mol. The maximum absolute atomic E-state index is 12.5. The first-order valence-corrected chi connectivity index (χ1v) is 8.56. The molecule has 2 fully saturated rings. The van der Waals surface area contributed by atoms with E-state index in [0.29, 0.717) is 18.7 Å². The van der Waals surface area contributed by atoms with E-state index in [2.05, 4.69) is 10.6 Å². The third kappa shape index (κ3) is 3.04. The van der Waals surface area contributed by atoms with Crippen molar-refractivity contribution in [3.8, 4) is 0 Å². The minimum absolute atomic E-state index is 0.00222. The second-order valence-corrected chi connectivity index (χ2v) is 7.04. The number of nitrogens with zero attached hydrogens (tertiary/aromatic N) is 1. The minimum Gasteiger partial charge on any atom is -0.481 e. The summed E-state index contributed by atoms with van der Waals surface area (Å²) in [4.78, 5) is 37.6. The van der Waals surface area contributed by atoms with Crippen molar-refractivity contribution < 1.29 is 19.5 Å². The molecule has 7 nitrogen and oxygen atoms in total. The van der Waals surface area contributed by atoms with Gasteiger partial charge in [-0.25, -0.2) is 4.79 Å². The first-order chi connectivity index (χ1) is 11.9. The molecule has 0 aromatic heterocycles. The molecule has 1 aliphatic carbocycles. The third-order valence-corrected chi connectivity index (χ3v) is 5.60. The maximum atomic E-state index is 12.5. The van der Waals surface area contributed by atoms with Gasteiger partial charge in [0.2, 0.25) is 0 Å². The number of urea groups is 1. The van der Waals surface area contributed by atoms with Crippen LogP contribution in [0.15, 0.2) is 18.2 Å². The molecule has 3 rings (SSSR count). The molecule has 1 aromatic carbocycles. The third-order valence-electron chi connectivity index (χ3n) is 5.27. The van der Waals surface area contributed by atoms with E-state index in [1.807, 2.05) is 0 Å². The predicted octanol–water partition coefficient (Wildman–Crippen LogP) is 2.42. The summed E-state index contributed by atoms with van der Waals surface area (Å²) >= 11 is 6.00. The number of carbonyl (C=O) groups is 3. The molecule has 0 spiro atoms. The highest BCUT2D eigenvalue weighted by molar-refractivity contribution is 6.34. The number of rotatable bonds is 3. The van der Waals surface area contributed by atoms with Gasteiger partial charge in [-0.15, -0.1) is 0 Å². The summed E-state index contributed by atoms with van der Waals surface area (Å²) in [6.07, 6.45) is 2.33. The molecule has 1 heterocycles. The fourth-order valence-corrected chi connectivity index (χ4v) is 4.11. The van der Waals surface area contributed by atoms with E-state index in [9.17, 15) is 19.5 Å². The van der Waals surface area contributed by atoms with Gasteiger partial charge < -0.3 is 20.6 Å². The Labute approximate surface area is 150 Å². The first kappa shape index (κ1) is 17.5. The van der Waals surface area contributed by atoms with Crippen LogP contribution >= 0.6 is 11.6 Å². The van der Waals surface area contributed by atoms with Gasteiger partial charge in [0.15, 0.2) is 0 Å². The number of carboxylic acid groups (broad SMARTS) is 1. The second kappa shape index (κ2) is 6.55. The molecule has 0 bridgehead atoms. The zero-order chi connectivity index (χ0) is 18.2. The van der Waals surface area contributed by atoms with E-state index in [1.54, 1.807) is 17.0 Å². The molecule has 8 heteroatoms. The van der Waals surface area contributed by atoms with Crippen molar-refractivity contribution in [2.24, 2.45) is 11.3 Å². The van der Waals surface area contributed by atoms with Crippen molar-refractivity contribution in [2.75, 3.05) is 25.5 Å². The summed E-state index contributed by atoms with van der Waals surface area (Å²) < 4.78 is 0. The van der Waals surface area contributed by atoms with Gasteiger partial charge in [0, 0.05) is 25.8 Å². The Morgan fingerprint density at radius 1 is 1.36 bits per heavy atom. The number of aliphatic carboxylic acids is 1. The van der Waals surface area contributed by atoms with Gasteiger partial charge in [-0.1, -0.05) is 18.0 Å². The SMILES string of the molecule is CNC(=O)c1cc(NC(=O)N2C[C@@H]3CCC[C@@]3(C(=O)O)C2)ccc1Cl. The number of halogens is 1. The molecule has 3 N–H and O–H groups in total. The average Bonchev–Trinajstić information content (AvgIpc) is 3.14. The number of anilines is 1. The molecule has 1 saturated carbocycles. The Balaban J connectivity index is 1.74. The number of likely N-dealkylation sites (tertiary alicyclic amines) is 1. The number of nitrogens with one attached hydrogen (secondary N) is 2. The molecular formula is C17H20ClN3O4. The lowest BCUT2D eigenvalue weighted by Gasteiger charge is -2.23. The zero-order valence-corrected chi connectivity index (χ0v) is 14.6. The number of hydrogen-bond donors (Lipinski definition) is 3. The topological polar surface area (TPSA) is 98.7 Å². The highest BCUT2D eigenvalue weighted by Gasteiger charge is 2.55. The lowest BCUT2D eigenvalue weighted by molar-refractivity contribution is -0.149. The van der Waals surface area contributed by atoms with Crippen LogP contribution in [0.2, 0.25) is 5.02 Å². The number of carboxylic acids is 1. The highest BCUT2D eigenvalue weighted by atomic mass is 35.5. The summed E-state index contributed by atoms with van der Waals surface area (Å²) in [5, 5.41) is 15.1. The van der Waals surface area contributed by atoms with Crippen molar-refractivity contribution in [3.63, 3.8) is 0 Å². The van der Waals surface area contributed by atoms with Gasteiger partial charge in [0.25, 0.3) is 5.91 Å². The van der Waals surface area contributed by atoms with Crippen LogP contribution in [0.5, 0.6) is 0 Å². The van der Waals surface area contributed by atoms with Gasteiger partial charge in [-0.3, -0.25) is 9.59 Å². The molecule has 2 aliphatic rings. The minimum atomic E-state index is -0.821. The molecule has 0 radical (unpaired) electrons. The van der Waals surface area contributed by atoms with E-state index >= 15 is 0 Å². The molecule has 1 aromatic rings. The van der Waals surface area contributed by atoms with E-state index in [4.69, 9.17) is 11.6 Å². The number of amides is 3. The van der Waals surface area contributed by atoms with Crippen LogP contribution in [0.4, 0.5) is 10.5 Å². The van der Waals surface area contributed by atoms with Gasteiger partial charge >= 0.3 is 12.0 Å². The number of benzene rings is 1. The molecular weight excluding hydrogens is 346 g/mol. The Hall–Kier alpha value is -2.28. The summed E-state index contributed by atoms with van der Waals surface area (Å²) in [5.41, 5.74) is -0.110. The number of carbonyl (C=O) groups excluding carboxylic acids is 2. The van der Waals surface area contributed by atoms with Crippen LogP contribution in [0.1, 0.15) is 29.6 Å². The first-order valence-electron chi connectivity index (χ1n) is 8.18. The summed E-state index contributed by atoms with van der Waals surface area (Å²) in [6, 6.07) is 4.29. The molecule has 3 amide bonds. The monoisotopic (exact) mass is 365 g/mol. The van der Waals surface area contributed by atoms with E-state index < -0.39 is 11.4 Å². The quantitative estimate of drug-likeness (QED) is 0.766. The van der Waals surface area contributed by atoms with Gasteiger partial charge in [-0.2, -0.15) is 0 Å². The van der Waals surface area contributed by atoms with Crippen molar-refractivity contribution in [1.82, 2.24) is 10.2 Å². The van der Waals surface area contributed by atoms with Crippen LogP contribution in [-0.2, 0) is 4.79 Å². The van der Waals surface area contributed by atoms with E-state index in [0.717, 1.165) is 12.8 Å². The molecule has 2 atom stereocenters. The maximum Gasteiger partial charge on any atom is 0.321 e. The Bertz CT molecular complexity index is 739. The van der Waals surface area contributed by atoms with E-state index in [-0.39, 0.29) is 35.0 Å². The highest BCUT2D eigenvalue weighted by Crippen LogP contribution is 2.48. The van der Waals surface area contributed by atoms with Gasteiger partial charge in [0.05, 0.1) is 16.0 Å². The van der Waals surface area contributed by atoms with Crippen molar-refractivity contribution in [3.05, 3.63) is 28.8 Å². The van der Waals surface area contributed by atoms with Crippen LogP contribution in [-0.4, -0.2) is 48.1 Å². The fraction of sp³-hybridized carbons (Fsp3) is 0.471. The molecule has 0 unspecified atom stereocenters. The summed E-state index contributed by atoms with van der Waals surface area (Å²) in [7, 11) is 1.50. The van der Waals surface area contributed by atoms with Crippen molar-refractivity contribution >= 4 is 35.2 Å². The second-order valence-electron chi connectivity index (χ2n) is 6.63. The number of fused-ring (bicyclic) bond motifs is 1. The van der Waals surface area contributed by atoms with Crippen LogP contribution in [0, 0.1) is 11.3 Å².